The summed E-state index contributed by atoms with van der Waals surface area (Å²) in [7, 11) is 1.60. The molecule has 0 heterocycles. The van der Waals surface area contributed by atoms with Crippen LogP contribution in [0, 0.1) is 5.92 Å². The molecule has 0 unspecified atom stereocenters. The molecule has 3 nitrogen and oxygen atoms in total. The van der Waals surface area contributed by atoms with Gasteiger partial charge in [0.15, 0.2) is 0 Å². The van der Waals surface area contributed by atoms with Crippen molar-refractivity contribution in [3.8, 4) is 11.5 Å². The van der Waals surface area contributed by atoms with Gasteiger partial charge in [-0.1, -0.05) is 12.5 Å². The maximum absolute atomic E-state index is 9.34. The summed E-state index contributed by atoms with van der Waals surface area (Å²) >= 11 is 0. The number of ether oxygens (including phenoxy) is 1. The molecule has 16 heavy (non-hydrogen) atoms. The van der Waals surface area contributed by atoms with Crippen molar-refractivity contribution < 1.29 is 9.84 Å². The highest BCUT2D eigenvalue weighted by Crippen LogP contribution is 2.39. The summed E-state index contributed by atoms with van der Waals surface area (Å²) in [5.41, 5.74) is 7.17. The van der Waals surface area contributed by atoms with Gasteiger partial charge in [-0.3, -0.25) is 0 Å². The molecule has 0 spiro atoms. The minimum atomic E-state index is 0. The molecule has 1 saturated carbocycles. The number of aromatic hydroxyl groups is 1. The van der Waals surface area contributed by atoms with Gasteiger partial charge in [-0.25, -0.2) is 0 Å². The van der Waals surface area contributed by atoms with Crippen LogP contribution < -0.4 is 10.5 Å². The lowest BCUT2D eigenvalue weighted by Gasteiger charge is -2.32. The van der Waals surface area contributed by atoms with E-state index < -0.39 is 0 Å². The van der Waals surface area contributed by atoms with Crippen molar-refractivity contribution in [3.05, 3.63) is 23.8 Å². The van der Waals surface area contributed by atoms with Crippen LogP contribution in [0.5, 0.6) is 11.5 Å². The van der Waals surface area contributed by atoms with E-state index >= 15 is 0 Å². The van der Waals surface area contributed by atoms with Gasteiger partial charge in [-0.2, -0.15) is 0 Å². The van der Waals surface area contributed by atoms with E-state index in [9.17, 15) is 5.11 Å². The highest BCUT2D eigenvalue weighted by atomic mass is 35.5. The van der Waals surface area contributed by atoms with Crippen molar-refractivity contribution in [1.29, 1.82) is 0 Å². The van der Waals surface area contributed by atoms with Crippen molar-refractivity contribution in [1.82, 2.24) is 0 Å². The molecular weight excluding hydrogens is 226 g/mol. The number of methoxy groups -OCH3 is 1. The quantitative estimate of drug-likeness (QED) is 0.858. The first-order valence-corrected chi connectivity index (χ1v) is 5.35. The molecule has 0 aliphatic heterocycles. The Balaban J connectivity index is 0.00000128. The second-order valence-electron chi connectivity index (χ2n) is 4.14. The highest BCUT2D eigenvalue weighted by molar-refractivity contribution is 5.85. The monoisotopic (exact) mass is 243 g/mol. The average Bonchev–Trinajstić information content (AvgIpc) is 2.14. The van der Waals surface area contributed by atoms with Crippen LogP contribution in [0.25, 0.3) is 0 Å². The van der Waals surface area contributed by atoms with Crippen molar-refractivity contribution in [3.63, 3.8) is 0 Å². The minimum Gasteiger partial charge on any atom is -0.508 e. The molecule has 1 aromatic rings. The number of halogens is 1. The molecule has 0 bridgehead atoms. The lowest BCUT2D eigenvalue weighted by Crippen LogP contribution is -2.27. The number of phenols is 1. The number of rotatable bonds is 3. The number of hydrogen-bond acceptors (Lipinski definition) is 3. The van der Waals surface area contributed by atoms with E-state index in [2.05, 4.69) is 0 Å². The Bertz CT molecular complexity index is 353. The van der Waals surface area contributed by atoms with Gasteiger partial charge in [0.05, 0.1) is 7.11 Å². The fourth-order valence-electron chi connectivity index (χ4n) is 2.03. The van der Waals surface area contributed by atoms with Crippen LogP contribution in [0.2, 0.25) is 0 Å². The third kappa shape index (κ3) is 2.42. The van der Waals surface area contributed by atoms with Crippen molar-refractivity contribution in [2.75, 3.05) is 7.11 Å². The smallest absolute Gasteiger partial charge is 0.127 e. The summed E-state index contributed by atoms with van der Waals surface area (Å²) in [4.78, 5) is 0. The maximum atomic E-state index is 9.34. The molecule has 2 rings (SSSR count). The van der Waals surface area contributed by atoms with Crippen molar-refractivity contribution in [2.24, 2.45) is 11.7 Å². The van der Waals surface area contributed by atoms with E-state index in [4.69, 9.17) is 10.5 Å². The Labute approximate surface area is 102 Å². The first-order valence-electron chi connectivity index (χ1n) is 5.35. The molecule has 0 radical (unpaired) electrons. The topological polar surface area (TPSA) is 55.5 Å². The molecule has 90 valence electrons. The zero-order valence-electron chi connectivity index (χ0n) is 9.35. The van der Waals surface area contributed by atoms with Crippen molar-refractivity contribution >= 4 is 12.4 Å². The zero-order chi connectivity index (χ0) is 10.8. The van der Waals surface area contributed by atoms with E-state index in [1.807, 2.05) is 6.07 Å². The third-order valence-electron chi connectivity index (χ3n) is 3.23. The third-order valence-corrected chi connectivity index (χ3v) is 3.23. The van der Waals surface area contributed by atoms with Crippen LogP contribution in [-0.4, -0.2) is 12.2 Å². The van der Waals surface area contributed by atoms with E-state index in [0.29, 0.717) is 11.7 Å². The van der Waals surface area contributed by atoms with Gasteiger partial charge in [-0.05, 0) is 24.8 Å². The van der Waals surface area contributed by atoms with Crippen LogP contribution in [-0.2, 0) is 0 Å². The summed E-state index contributed by atoms with van der Waals surface area (Å²) in [6, 6.07) is 5.18. The predicted octanol–water partition coefficient (Wildman–Crippen LogP) is 2.62. The molecular formula is C12H18ClNO2. The first-order chi connectivity index (χ1) is 7.22. The molecule has 0 saturated heterocycles. The first kappa shape index (κ1) is 13.1. The SMILES string of the molecule is COc1cc(O)ccc1[C@@H](N)C1CCC1.Cl. The number of benzene rings is 1. The lowest BCUT2D eigenvalue weighted by atomic mass is 9.77. The number of hydrogen-bond donors (Lipinski definition) is 2. The normalized spacial score (nSPS) is 17.1. The molecule has 3 N–H and O–H groups in total. The summed E-state index contributed by atoms with van der Waals surface area (Å²) in [5.74, 6) is 1.48. The van der Waals surface area contributed by atoms with E-state index in [-0.39, 0.29) is 24.2 Å². The second kappa shape index (κ2) is 5.41. The van der Waals surface area contributed by atoms with E-state index in [1.54, 1.807) is 19.2 Å². The van der Waals surface area contributed by atoms with Crippen LogP contribution in [0.15, 0.2) is 18.2 Å². The minimum absolute atomic E-state index is 0. The highest BCUT2D eigenvalue weighted by Gasteiger charge is 2.27. The van der Waals surface area contributed by atoms with Gasteiger partial charge < -0.3 is 15.6 Å². The fourth-order valence-corrected chi connectivity index (χ4v) is 2.03. The number of nitrogens with two attached hydrogens (primary N) is 1. The summed E-state index contributed by atoms with van der Waals surface area (Å²) in [6.07, 6.45) is 3.68. The standard InChI is InChI=1S/C12H17NO2.ClH/c1-15-11-7-9(14)5-6-10(11)12(13)8-3-2-4-8;/h5-8,12,14H,2-4,13H2,1H3;1H/t12-;/m0./s1. The Morgan fingerprint density at radius 3 is 2.62 bits per heavy atom. The summed E-state index contributed by atoms with van der Waals surface area (Å²) in [5, 5.41) is 9.34. The zero-order valence-corrected chi connectivity index (χ0v) is 10.2. The average molecular weight is 244 g/mol. The Hall–Kier alpha value is -0.930. The molecule has 0 aromatic heterocycles. The largest absolute Gasteiger partial charge is 0.508 e. The van der Waals surface area contributed by atoms with E-state index in [1.165, 1.54) is 19.3 Å². The van der Waals surface area contributed by atoms with Gasteiger partial charge >= 0.3 is 0 Å². The second-order valence-corrected chi connectivity index (χ2v) is 4.14. The van der Waals surface area contributed by atoms with Gasteiger partial charge in [0, 0.05) is 17.7 Å². The Morgan fingerprint density at radius 1 is 1.44 bits per heavy atom. The molecule has 4 heteroatoms. The van der Waals surface area contributed by atoms with E-state index in [0.717, 1.165) is 5.56 Å². The van der Waals surface area contributed by atoms with Crippen LogP contribution in [0.3, 0.4) is 0 Å². The Morgan fingerprint density at radius 2 is 2.12 bits per heavy atom. The molecule has 1 aliphatic rings. The predicted molar refractivity (Wildman–Crippen MR) is 66.2 cm³/mol. The van der Waals surface area contributed by atoms with Crippen molar-refractivity contribution in [2.45, 2.75) is 25.3 Å². The van der Waals surface area contributed by atoms with Crippen LogP contribution >= 0.6 is 12.4 Å². The number of phenolic OH excluding ortho intramolecular Hbond substituents is 1. The summed E-state index contributed by atoms with van der Waals surface area (Å²) < 4.78 is 5.23. The molecule has 1 atom stereocenters. The van der Waals surface area contributed by atoms with Crippen LogP contribution in [0.1, 0.15) is 30.9 Å². The van der Waals surface area contributed by atoms with Gasteiger partial charge in [0.1, 0.15) is 11.5 Å². The maximum Gasteiger partial charge on any atom is 0.127 e. The molecule has 1 aliphatic carbocycles. The fraction of sp³-hybridized carbons (Fsp3) is 0.500. The van der Waals surface area contributed by atoms with Crippen LogP contribution in [0.4, 0.5) is 0 Å². The Kier molecular flexibility index (Phi) is 4.44. The summed E-state index contributed by atoms with van der Waals surface area (Å²) in [6.45, 7) is 0. The molecule has 1 fully saturated rings. The van der Waals surface area contributed by atoms with Gasteiger partial charge in [-0.15, -0.1) is 12.4 Å². The van der Waals surface area contributed by atoms with Gasteiger partial charge in [0.2, 0.25) is 0 Å². The molecule has 1 aromatic carbocycles. The lowest BCUT2D eigenvalue weighted by molar-refractivity contribution is 0.259. The van der Waals surface area contributed by atoms with Gasteiger partial charge in [0.25, 0.3) is 0 Å². The molecule has 0 amide bonds.